The molecule has 0 aliphatic carbocycles. The lowest BCUT2D eigenvalue weighted by Gasteiger charge is -2.16. The number of carboxylic acid groups (broad SMARTS) is 1. The number of aromatic amines is 1. The molecule has 1 aliphatic heterocycles. The molecular formula is C20H17N3O5. The Morgan fingerprint density at radius 1 is 1.11 bits per heavy atom. The lowest BCUT2D eigenvalue weighted by atomic mass is 10.2. The highest BCUT2D eigenvalue weighted by Crippen LogP contribution is 2.24. The quantitative estimate of drug-likeness (QED) is 0.603. The van der Waals surface area contributed by atoms with Gasteiger partial charge in [-0.15, -0.1) is 0 Å². The number of fused-ring (bicyclic) bond motifs is 1. The third kappa shape index (κ3) is 3.27. The van der Waals surface area contributed by atoms with Gasteiger partial charge >= 0.3 is 6.16 Å². The van der Waals surface area contributed by atoms with E-state index in [-0.39, 0.29) is 12.2 Å². The first-order chi connectivity index (χ1) is 13.5. The summed E-state index contributed by atoms with van der Waals surface area (Å²) < 4.78 is 4.87. The molecule has 2 atom stereocenters. The summed E-state index contributed by atoms with van der Waals surface area (Å²) in [5, 5.41) is 12.5. The fourth-order valence-electron chi connectivity index (χ4n) is 3.35. The number of anilines is 1. The van der Waals surface area contributed by atoms with E-state index in [2.05, 4.69) is 10.3 Å². The van der Waals surface area contributed by atoms with E-state index in [1.165, 1.54) is 4.90 Å². The highest BCUT2D eigenvalue weighted by Gasteiger charge is 2.44. The van der Waals surface area contributed by atoms with Gasteiger partial charge in [-0.1, -0.05) is 36.4 Å². The first-order valence-corrected chi connectivity index (χ1v) is 8.67. The van der Waals surface area contributed by atoms with E-state index < -0.39 is 30.1 Å². The molecule has 3 N–H and O–H groups in total. The molecule has 0 bridgehead atoms. The van der Waals surface area contributed by atoms with Crippen LogP contribution in [0.15, 0.2) is 60.7 Å². The highest BCUT2D eigenvalue weighted by molar-refractivity contribution is 6.05. The third-order valence-corrected chi connectivity index (χ3v) is 4.65. The first kappa shape index (κ1) is 17.6. The van der Waals surface area contributed by atoms with E-state index >= 15 is 0 Å². The monoisotopic (exact) mass is 379 g/mol. The van der Waals surface area contributed by atoms with Crippen LogP contribution in [0, 0.1) is 0 Å². The van der Waals surface area contributed by atoms with E-state index in [0.29, 0.717) is 5.69 Å². The number of hydrogen-bond acceptors (Lipinski definition) is 4. The number of hydrogen-bond donors (Lipinski definition) is 3. The number of ether oxygens (including phenoxy) is 1. The maximum Gasteiger partial charge on any atom is 0.506 e. The molecule has 2 amide bonds. The van der Waals surface area contributed by atoms with Gasteiger partial charge in [0.25, 0.3) is 11.8 Å². The largest absolute Gasteiger partial charge is 0.506 e. The van der Waals surface area contributed by atoms with Crippen LogP contribution in [-0.2, 0) is 9.53 Å². The van der Waals surface area contributed by atoms with Crippen LogP contribution in [0.25, 0.3) is 10.9 Å². The van der Waals surface area contributed by atoms with Crippen LogP contribution in [0.3, 0.4) is 0 Å². The summed E-state index contributed by atoms with van der Waals surface area (Å²) in [4.78, 5) is 41.0. The van der Waals surface area contributed by atoms with Crippen LogP contribution in [0.5, 0.6) is 0 Å². The summed E-state index contributed by atoms with van der Waals surface area (Å²) in [6, 6.07) is 16.8. The Hall–Kier alpha value is -3.81. The minimum Gasteiger partial charge on any atom is -0.450 e. The number of rotatable bonds is 4. The van der Waals surface area contributed by atoms with Crippen LogP contribution in [0.1, 0.15) is 10.5 Å². The van der Waals surface area contributed by atoms with Gasteiger partial charge in [0.1, 0.15) is 11.7 Å². The molecule has 8 heteroatoms. The molecule has 1 aliphatic rings. The lowest BCUT2D eigenvalue weighted by Crippen LogP contribution is -2.47. The summed E-state index contributed by atoms with van der Waals surface area (Å²) in [7, 11) is 0. The predicted octanol–water partition coefficient (Wildman–Crippen LogP) is 2.38. The van der Waals surface area contributed by atoms with Crippen molar-refractivity contribution in [1.82, 2.24) is 10.3 Å². The minimum atomic E-state index is -1.50. The van der Waals surface area contributed by atoms with E-state index in [4.69, 9.17) is 9.84 Å². The fourth-order valence-corrected chi connectivity index (χ4v) is 3.35. The van der Waals surface area contributed by atoms with E-state index in [1.54, 1.807) is 30.3 Å². The van der Waals surface area contributed by atoms with Crippen molar-refractivity contribution in [2.75, 3.05) is 11.4 Å². The maximum atomic E-state index is 12.9. The highest BCUT2D eigenvalue weighted by atomic mass is 16.7. The van der Waals surface area contributed by atoms with Crippen molar-refractivity contribution in [3.8, 4) is 0 Å². The molecule has 0 spiro atoms. The smallest absolute Gasteiger partial charge is 0.450 e. The Morgan fingerprint density at radius 3 is 2.54 bits per heavy atom. The predicted molar refractivity (Wildman–Crippen MR) is 101 cm³/mol. The van der Waals surface area contributed by atoms with Crippen LogP contribution < -0.4 is 10.2 Å². The Kier molecular flexibility index (Phi) is 4.44. The fraction of sp³-hybridized carbons (Fsp3) is 0.150. The molecule has 142 valence electrons. The van der Waals surface area contributed by atoms with Crippen molar-refractivity contribution < 1.29 is 24.2 Å². The molecule has 0 unspecified atom stereocenters. The van der Waals surface area contributed by atoms with Gasteiger partial charge in [0, 0.05) is 16.6 Å². The SMILES string of the molecule is O=C(O)O[C@H]1CN(c2ccccc2)C(=O)[C@@H]1NC(=O)c1cc2ccccc2[nH]1. The Bertz CT molecular complexity index is 1010. The summed E-state index contributed by atoms with van der Waals surface area (Å²) in [6.45, 7) is 0.0206. The van der Waals surface area contributed by atoms with Gasteiger partial charge in [0.15, 0.2) is 6.10 Å². The summed E-state index contributed by atoms with van der Waals surface area (Å²) in [5.41, 5.74) is 1.67. The maximum absolute atomic E-state index is 12.9. The number of nitrogens with one attached hydrogen (secondary N) is 2. The lowest BCUT2D eigenvalue weighted by molar-refractivity contribution is -0.119. The summed E-state index contributed by atoms with van der Waals surface area (Å²) in [5.74, 6) is -0.939. The topological polar surface area (TPSA) is 112 Å². The van der Waals surface area contributed by atoms with Crippen LogP contribution in [0.4, 0.5) is 10.5 Å². The number of carbonyl (C=O) groups is 3. The zero-order chi connectivity index (χ0) is 19.7. The average Bonchev–Trinajstić information content (AvgIpc) is 3.25. The molecular weight excluding hydrogens is 362 g/mol. The van der Waals surface area contributed by atoms with E-state index in [0.717, 1.165) is 10.9 Å². The molecule has 1 fully saturated rings. The number of aromatic nitrogens is 1. The van der Waals surface area contributed by atoms with Gasteiger partial charge in [-0.25, -0.2) is 4.79 Å². The Balaban J connectivity index is 1.58. The van der Waals surface area contributed by atoms with Crippen LogP contribution in [0.2, 0.25) is 0 Å². The second-order valence-electron chi connectivity index (χ2n) is 6.43. The molecule has 0 saturated carbocycles. The van der Waals surface area contributed by atoms with Crippen LogP contribution >= 0.6 is 0 Å². The van der Waals surface area contributed by atoms with Gasteiger partial charge in [-0.05, 0) is 24.3 Å². The number of nitrogens with zero attached hydrogens (tertiary/aromatic N) is 1. The molecule has 1 aromatic heterocycles. The molecule has 4 rings (SSSR count). The van der Waals surface area contributed by atoms with Crippen molar-refractivity contribution in [3.05, 3.63) is 66.4 Å². The third-order valence-electron chi connectivity index (χ3n) is 4.65. The van der Waals surface area contributed by atoms with Gasteiger partial charge in [-0.2, -0.15) is 0 Å². The van der Waals surface area contributed by atoms with Crippen LogP contribution in [-0.4, -0.2) is 46.8 Å². The Morgan fingerprint density at radius 2 is 1.82 bits per heavy atom. The molecule has 1 saturated heterocycles. The number of benzene rings is 2. The van der Waals surface area contributed by atoms with Gasteiger partial charge in [0.05, 0.1) is 6.54 Å². The standard InChI is InChI=1S/C20H17N3O5/c24-18(15-10-12-6-4-5-9-14(12)21-15)22-17-16(28-20(26)27)11-23(19(17)25)13-7-2-1-3-8-13/h1-10,16-17,21H,11H2,(H,22,24)(H,26,27)/t16-,17+/m0/s1. The second kappa shape index (κ2) is 7.07. The zero-order valence-corrected chi connectivity index (χ0v) is 14.7. The molecule has 3 aromatic rings. The number of amides is 2. The van der Waals surface area contributed by atoms with E-state index in [9.17, 15) is 14.4 Å². The molecule has 0 radical (unpaired) electrons. The average molecular weight is 379 g/mol. The van der Waals surface area contributed by atoms with Crippen molar-refractivity contribution in [3.63, 3.8) is 0 Å². The first-order valence-electron chi connectivity index (χ1n) is 8.67. The van der Waals surface area contributed by atoms with Crippen molar-refractivity contribution in [1.29, 1.82) is 0 Å². The molecule has 2 aromatic carbocycles. The summed E-state index contributed by atoms with van der Waals surface area (Å²) >= 11 is 0. The van der Waals surface area contributed by atoms with Crippen molar-refractivity contribution >= 4 is 34.6 Å². The number of carbonyl (C=O) groups excluding carboxylic acids is 2. The summed E-state index contributed by atoms with van der Waals surface area (Å²) in [6.07, 6.45) is -2.52. The molecule has 28 heavy (non-hydrogen) atoms. The minimum absolute atomic E-state index is 0.0206. The van der Waals surface area contributed by atoms with E-state index in [1.807, 2.05) is 30.3 Å². The van der Waals surface area contributed by atoms with Crippen molar-refractivity contribution in [2.24, 2.45) is 0 Å². The number of H-pyrrole nitrogens is 1. The van der Waals surface area contributed by atoms with Gasteiger partial charge in [0.2, 0.25) is 0 Å². The zero-order valence-electron chi connectivity index (χ0n) is 14.7. The number of para-hydroxylation sites is 2. The van der Waals surface area contributed by atoms with Gasteiger partial charge < -0.3 is 25.0 Å². The molecule has 8 nitrogen and oxygen atoms in total. The molecule has 2 heterocycles. The second-order valence-corrected chi connectivity index (χ2v) is 6.43. The van der Waals surface area contributed by atoms with Gasteiger partial charge in [-0.3, -0.25) is 9.59 Å². The normalized spacial score (nSPS) is 19.0. The van der Waals surface area contributed by atoms with Crippen molar-refractivity contribution in [2.45, 2.75) is 12.1 Å². The Labute approximate surface area is 159 Å².